The van der Waals surface area contributed by atoms with Gasteiger partial charge in [0.1, 0.15) is 12.1 Å². The normalized spacial score (nSPS) is 18.1. The highest BCUT2D eigenvalue weighted by Crippen LogP contribution is 2.28. The third kappa shape index (κ3) is 6.29. The van der Waals surface area contributed by atoms with Crippen molar-refractivity contribution in [3.8, 4) is 0 Å². The molecule has 178 valence electrons. The average molecular weight is 464 g/mol. The van der Waals surface area contributed by atoms with E-state index in [1.165, 1.54) is 4.90 Å². The Morgan fingerprint density at radius 2 is 1.62 bits per heavy atom. The van der Waals surface area contributed by atoms with Crippen molar-refractivity contribution < 1.29 is 24.0 Å². The van der Waals surface area contributed by atoms with Crippen molar-refractivity contribution in [2.24, 2.45) is 5.92 Å². The van der Waals surface area contributed by atoms with Crippen LogP contribution < -0.4 is 10.8 Å². The zero-order valence-corrected chi connectivity index (χ0v) is 18.9. The van der Waals surface area contributed by atoms with Crippen molar-refractivity contribution in [2.75, 3.05) is 6.61 Å². The fraction of sp³-hybridized carbons (Fsp3) is 0.385. The molecular formula is C26H29N3O5. The lowest BCUT2D eigenvalue weighted by atomic mass is 9.98. The van der Waals surface area contributed by atoms with E-state index in [1.807, 2.05) is 60.7 Å². The molecule has 0 aromatic heterocycles. The summed E-state index contributed by atoms with van der Waals surface area (Å²) >= 11 is 0. The van der Waals surface area contributed by atoms with Crippen LogP contribution in [0.1, 0.15) is 36.8 Å². The SMILES string of the molecule is O=C1CCC(C(=O)N(Cc2ccccc2)C(Cc2ccccc2)C(=O)C(=O)NOCC2CC2)N1. The molecule has 0 radical (unpaired) electrons. The minimum atomic E-state index is -1.06. The summed E-state index contributed by atoms with van der Waals surface area (Å²) in [5.74, 6) is -1.81. The molecule has 0 bridgehead atoms. The molecule has 0 spiro atoms. The first-order valence-electron chi connectivity index (χ1n) is 11.6. The number of Topliss-reactive ketones (excluding diaryl/α,β-unsaturated/α-hetero) is 1. The van der Waals surface area contributed by atoms with Gasteiger partial charge in [-0.25, -0.2) is 5.48 Å². The van der Waals surface area contributed by atoms with Gasteiger partial charge in [0.25, 0.3) is 0 Å². The van der Waals surface area contributed by atoms with Crippen molar-refractivity contribution in [1.29, 1.82) is 0 Å². The molecule has 1 saturated heterocycles. The molecule has 2 aromatic rings. The van der Waals surface area contributed by atoms with Crippen LogP contribution in [0.3, 0.4) is 0 Å². The number of rotatable bonds is 11. The van der Waals surface area contributed by atoms with E-state index in [0.29, 0.717) is 18.9 Å². The largest absolute Gasteiger partial charge is 0.344 e. The Kier molecular flexibility index (Phi) is 7.69. The number of benzene rings is 2. The lowest BCUT2D eigenvalue weighted by Gasteiger charge is -2.32. The van der Waals surface area contributed by atoms with Gasteiger partial charge in [0, 0.05) is 19.4 Å². The molecule has 8 nitrogen and oxygen atoms in total. The molecule has 2 aromatic carbocycles. The Balaban J connectivity index is 1.60. The summed E-state index contributed by atoms with van der Waals surface area (Å²) in [6.45, 7) is 0.495. The van der Waals surface area contributed by atoms with Gasteiger partial charge in [-0.1, -0.05) is 60.7 Å². The zero-order chi connectivity index (χ0) is 23.9. The van der Waals surface area contributed by atoms with Crippen LogP contribution in [-0.4, -0.2) is 47.1 Å². The number of hydroxylamine groups is 1. The highest BCUT2D eigenvalue weighted by molar-refractivity contribution is 6.38. The van der Waals surface area contributed by atoms with Crippen molar-refractivity contribution in [3.63, 3.8) is 0 Å². The van der Waals surface area contributed by atoms with Gasteiger partial charge in [-0.15, -0.1) is 0 Å². The molecule has 1 heterocycles. The maximum absolute atomic E-state index is 13.6. The van der Waals surface area contributed by atoms with Crippen LogP contribution >= 0.6 is 0 Å². The van der Waals surface area contributed by atoms with Gasteiger partial charge in [0.15, 0.2) is 0 Å². The second-order valence-corrected chi connectivity index (χ2v) is 8.87. The summed E-state index contributed by atoms with van der Waals surface area (Å²) in [6, 6.07) is 16.7. The third-order valence-electron chi connectivity index (χ3n) is 6.13. The molecule has 2 aliphatic rings. The minimum Gasteiger partial charge on any atom is -0.344 e. The number of carbonyl (C=O) groups excluding carboxylic acids is 4. The fourth-order valence-corrected chi connectivity index (χ4v) is 4.01. The summed E-state index contributed by atoms with van der Waals surface area (Å²) in [5.41, 5.74) is 3.89. The molecule has 2 unspecified atom stereocenters. The maximum Gasteiger partial charge on any atom is 0.313 e. The maximum atomic E-state index is 13.6. The highest BCUT2D eigenvalue weighted by Gasteiger charge is 2.39. The van der Waals surface area contributed by atoms with Crippen LogP contribution in [0.15, 0.2) is 60.7 Å². The number of nitrogens with one attached hydrogen (secondary N) is 2. The number of ketones is 1. The van der Waals surface area contributed by atoms with Crippen LogP contribution in [0.4, 0.5) is 0 Å². The lowest BCUT2D eigenvalue weighted by Crippen LogP contribution is -2.55. The molecule has 4 rings (SSSR count). The topological polar surface area (TPSA) is 105 Å². The quantitative estimate of drug-likeness (QED) is 0.391. The Labute approximate surface area is 198 Å². The zero-order valence-electron chi connectivity index (χ0n) is 18.9. The van der Waals surface area contributed by atoms with Crippen molar-refractivity contribution in [1.82, 2.24) is 15.7 Å². The standard InChI is InChI=1S/C26H29N3O5/c30-23-14-13-21(27-23)26(33)29(16-19-9-5-2-6-10-19)22(15-18-7-3-1-4-8-18)24(31)25(32)28-34-17-20-11-12-20/h1-10,20-22H,11-17H2,(H,27,30)(H,28,32). The van der Waals surface area contributed by atoms with Crippen LogP contribution in [0, 0.1) is 5.92 Å². The molecule has 1 aliphatic heterocycles. The molecule has 34 heavy (non-hydrogen) atoms. The smallest absolute Gasteiger partial charge is 0.313 e. The Bertz CT molecular complexity index is 1020. The van der Waals surface area contributed by atoms with E-state index in [1.54, 1.807) is 0 Å². The number of carbonyl (C=O) groups is 4. The van der Waals surface area contributed by atoms with E-state index < -0.39 is 23.8 Å². The summed E-state index contributed by atoms with van der Waals surface area (Å²) in [6.07, 6.45) is 2.86. The molecule has 2 atom stereocenters. The monoisotopic (exact) mass is 463 g/mol. The van der Waals surface area contributed by atoms with Gasteiger partial charge in [-0.2, -0.15) is 0 Å². The van der Waals surface area contributed by atoms with Gasteiger partial charge in [-0.05, 0) is 36.3 Å². The summed E-state index contributed by atoms with van der Waals surface area (Å²) in [4.78, 5) is 58.1. The first kappa shape index (κ1) is 23.6. The Morgan fingerprint density at radius 1 is 0.971 bits per heavy atom. The Hall–Kier alpha value is -3.52. The van der Waals surface area contributed by atoms with E-state index in [-0.39, 0.29) is 31.2 Å². The molecule has 2 fully saturated rings. The molecule has 3 amide bonds. The number of hydrogen-bond acceptors (Lipinski definition) is 5. The molecule has 2 N–H and O–H groups in total. The minimum absolute atomic E-state index is 0.130. The van der Waals surface area contributed by atoms with Gasteiger partial charge in [0.05, 0.1) is 6.61 Å². The van der Waals surface area contributed by atoms with Crippen LogP contribution in [0.25, 0.3) is 0 Å². The average Bonchev–Trinajstić information content (AvgIpc) is 3.58. The molecular weight excluding hydrogens is 434 g/mol. The summed E-state index contributed by atoms with van der Waals surface area (Å²) in [7, 11) is 0. The summed E-state index contributed by atoms with van der Waals surface area (Å²) < 4.78 is 0. The second-order valence-electron chi connectivity index (χ2n) is 8.87. The van der Waals surface area contributed by atoms with Crippen LogP contribution in [0.2, 0.25) is 0 Å². The fourth-order valence-electron chi connectivity index (χ4n) is 4.01. The predicted molar refractivity (Wildman–Crippen MR) is 124 cm³/mol. The molecule has 1 aliphatic carbocycles. The van der Waals surface area contributed by atoms with E-state index in [4.69, 9.17) is 4.84 Å². The Morgan fingerprint density at radius 3 is 2.21 bits per heavy atom. The van der Waals surface area contributed by atoms with E-state index >= 15 is 0 Å². The number of hydrogen-bond donors (Lipinski definition) is 2. The van der Waals surface area contributed by atoms with Gasteiger partial charge in [0.2, 0.25) is 17.6 Å². The highest BCUT2D eigenvalue weighted by atomic mass is 16.7. The van der Waals surface area contributed by atoms with Crippen LogP contribution in [-0.2, 0) is 37.0 Å². The van der Waals surface area contributed by atoms with Crippen LogP contribution in [0.5, 0.6) is 0 Å². The van der Waals surface area contributed by atoms with Crippen molar-refractivity contribution in [2.45, 2.75) is 50.7 Å². The van der Waals surface area contributed by atoms with Gasteiger partial charge >= 0.3 is 5.91 Å². The van der Waals surface area contributed by atoms with E-state index in [9.17, 15) is 19.2 Å². The first-order chi connectivity index (χ1) is 16.5. The predicted octanol–water partition coefficient (Wildman–Crippen LogP) is 1.93. The van der Waals surface area contributed by atoms with Gasteiger partial charge < -0.3 is 10.2 Å². The third-order valence-corrected chi connectivity index (χ3v) is 6.13. The molecule has 1 saturated carbocycles. The van der Waals surface area contributed by atoms with E-state index in [2.05, 4.69) is 10.8 Å². The lowest BCUT2D eigenvalue weighted by molar-refractivity contribution is -0.152. The van der Waals surface area contributed by atoms with Gasteiger partial charge in [-0.3, -0.25) is 24.0 Å². The van der Waals surface area contributed by atoms with Crippen molar-refractivity contribution in [3.05, 3.63) is 71.8 Å². The number of amides is 3. The van der Waals surface area contributed by atoms with E-state index in [0.717, 1.165) is 24.0 Å². The number of nitrogens with zero attached hydrogens (tertiary/aromatic N) is 1. The molecule has 8 heteroatoms. The van der Waals surface area contributed by atoms with Crippen molar-refractivity contribution >= 4 is 23.5 Å². The second kappa shape index (κ2) is 11.1. The summed E-state index contributed by atoms with van der Waals surface area (Å²) in [5, 5.41) is 2.69. The first-order valence-corrected chi connectivity index (χ1v) is 11.6.